The number of carbonyl (C=O) groups is 1. The van der Waals surface area contributed by atoms with Crippen LogP contribution in [-0.4, -0.2) is 20.7 Å². The van der Waals surface area contributed by atoms with Crippen molar-refractivity contribution in [3.05, 3.63) is 64.9 Å². The van der Waals surface area contributed by atoms with E-state index in [2.05, 4.69) is 31.3 Å². The van der Waals surface area contributed by atoms with Gasteiger partial charge < -0.3 is 9.73 Å². The Morgan fingerprint density at radius 1 is 1.33 bits per heavy atom. The van der Waals surface area contributed by atoms with E-state index in [0.29, 0.717) is 18.1 Å². The molecule has 3 heterocycles. The molecule has 0 atom stereocenters. The standard InChI is InChI=1S/C14H11BrN4O2/c15-10-7-17-19(8-10)9-11-4-5-12(21-11)14(20)18-13-3-1-2-6-16-13/h1-8H,9H2,(H,16,18,20). The third-order valence-electron chi connectivity index (χ3n) is 2.71. The molecular formula is C14H11BrN4O2. The summed E-state index contributed by atoms with van der Waals surface area (Å²) in [6, 6.07) is 8.67. The molecule has 0 aromatic carbocycles. The van der Waals surface area contributed by atoms with Gasteiger partial charge in [0.05, 0.1) is 17.2 Å². The Balaban J connectivity index is 1.68. The van der Waals surface area contributed by atoms with Crippen LogP contribution in [0.1, 0.15) is 16.3 Å². The Kier molecular flexibility index (Phi) is 3.83. The number of aromatic nitrogens is 3. The Bertz CT molecular complexity index is 751. The highest BCUT2D eigenvalue weighted by Gasteiger charge is 2.12. The van der Waals surface area contributed by atoms with E-state index in [0.717, 1.165) is 4.47 Å². The average Bonchev–Trinajstić information content (AvgIpc) is 3.10. The van der Waals surface area contributed by atoms with E-state index in [1.165, 1.54) is 0 Å². The molecule has 0 bridgehead atoms. The Morgan fingerprint density at radius 3 is 2.95 bits per heavy atom. The second kappa shape index (κ2) is 5.92. The van der Waals surface area contributed by atoms with Crippen molar-refractivity contribution in [1.29, 1.82) is 0 Å². The van der Waals surface area contributed by atoms with Gasteiger partial charge in [0.15, 0.2) is 5.76 Å². The van der Waals surface area contributed by atoms with Gasteiger partial charge in [-0.3, -0.25) is 9.48 Å². The second-order valence-corrected chi connectivity index (χ2v) is 5.21. The SMILES string of the molecule is O=C(Nc1ccccn1)c1ccc(Cn2cc(Br)cn2)o1. The van der Waals surface area contributed by atoms with Crippen LogP contribution in [0.3, 0.4) is 0 Å². The molecule has 7 heteroatoms. The third-order valence-corrected chi connectivity index (χ3v) is 3.12. The van der Waals surface area contributed by atoms with Gasteiger partial charge in [-0.1, -0.05) is 6.07 Å². The lowest BCUT2D eigenvalue weighted by Crippen LogP contribution is -2.11. The van der Waals surface area contributed by atoms with Crippen molar-refractivity contribution in [3.8, 4) is 0 Å². The molecule has 1 amide bonds. The van der Waals surface area contributed by atoms with Gasteiger partial charge in [0.25, 0.3) is 5.91 Å². The van der Waals surface area contributed by atoms with E-state index in [4.69, 9.17) is 4.42 Å². The zero-order valence-corrected chi connectivity index (χ0v) is 12.4. The van der Waals surface area contributed by atoms with E-state index >= 15 is 0 Å². The summed E-state index contributed by atoms with van der Waals surface area (Å²) >= 11 is 3.33. The van der Waals surface area contributed by atoms with Crippen molar-refractivity contribution < 1.29 is 9.21 Å². The van der Waals surface area contributed by atoms with Crippen LogP contribution in [0.2, 0.25) is 0 Å². The number of hydrogen-bond acceptors (Lipinski definition) is 4. The zero-order chi connectivity index (χ0) is 14.7. The van der Waals surface area contributed by atoms with Gasteiger partial charge in [-0.25, -0.2) is 4.98 Å². The normalized spacial score (nSPS) is 10.5. The largest absolute Gasteiger partial charge is 0.454 e. The van der Waals surface area contributed by atoms with Crippen molar-refractivity contribution >= 4 is 27.7 Å². The maximum absolute atomic E-state index is 12.0. The van der Waals surface area contributed by atoms with Crippen LogP contribution in [0.4, 0.5) is 5.82 Å². The molecule has 21 heavy (non-hydrogen) atoms. The van der Waals surface area contributed by atoms with Crippen LogP contribution in [0.5, 0.6) is 0 Å². The molecule has 3 aromatic heterocycles. The summed E-state index contributed by atoms with van der Waals surface area (Å²) in [6.07, 6.45) is 5.13. The molecular weight excluding hydrogens is 336 g/mol. The minimum absolute atomic E-state index is 0.238. The Labute approximate surface area is 128 Å². The monoisotopic (exact) mass is 346 g/mol. The number of carbonyl (C=O) groups excluding carboxylic acids is 1. The molecule has 3 aromatic rings. The molecule has 6 nitrogen and oxygen atoms in total. The molecule has 0 radical (unpaired) electrons. The summed E-state index contributed by atoms with van der Waals surface area (Å²) in [5.74, 6) is 1.04. The predicted molar refractivity (Wildman–Crippen MR) is 79.9 cm³/mol. The lowest BCUT2D eigenvalue weighted by atomic mass is 10.4. The number of hydrogen-bond donors (Lipinski definition) is 1. The topological polar surface area (TPSA) is 73.0 Å². The number of pyridine rings is 1. The molecule has 3 rings (SSSR count). The van der Waals surface area contributed by atoms with Crippen LogP contribution >= 0.6 is 15.9 Å². The van der Waals surface area contributed by atoms with E-state index in [1.807, 2.05) is 6.20 Å². The van der Waals surface area contributed by atoms with E-state index < -0.39 is 0 Å². The maximum Gasteiger partial charge on any atom is 0.292 e. The number of amides is 1. The predicted octanol–water partition coefficient (Wildman–Crippen LogP) is 2.93. The summed E-state index contributed by atoms with van der Waals surface area (Å²) in [5, 5.41) is 6.80. The molecule has 0 aliphatic rings. The summed E-state index contributed by atoms with van der Waals surface area (Å²) < 4.78 is 8.12. The Morgan fingerprint density at radius 2 is 2.24 bits per heavy atom. The fourth-order valence-electron chi connectivity index (χ4n) is 1.78. The summed E-state index contributed by atoms with van der Waals surface area (Å²) in [7, 11) is 0. The van der Waals surface area contributed by atoms with Gasteiger partial charge in [0.2, 0.25) is 0 Å². The minimum atomic E-state index is -0.332. The van der Waals surface area contributed by atoms with Crippen LogP contribution < -0.4 is 5.32 Å². The van der Waals surface area contributed by atoms with Crippen molar-refractivity contribution in [2.75, 3.05) is 5.32 Å². The van der Waals surface area contributed by atoms with Crippen LogP contribution in [0, 0.1) is 0 Å². The van der Waals surface area contributed by atoms with Crippen LogP contribution in [-0.2, 0) is 6.54 Å². The van der Waals surface area contributed by atoms with Gasteiger partial charge in [-0.05, 0) is 40.2 Å². The quantitative estimate of drug-likeness (QED) is 0.788. The van der Waals surface area contributed by atoms with E-state index in [9.17, 15) is 4.79 Å². The second-order valence-electron chi connectivity index (χ2n) is 4.29. The van der Waals surface area contributed by atoms with Gasteiger partial charge >= 0.3 is 0 Å². The zero-order valence-electron chi connectivity index (χ0n) is 10.9. The number of rotatable bonds is 4. The van der Waals surface area contributed by atoms with Crippen molar-refractivity contribution in [3.63, 3.8) is 0 Å². The highest BCUT2D eigenvalue weighted by atomic mass is 79.9. The number of halogens is 1. The van der Waals surface area contributed by atoms with Crippen LogP contribution in [0.15, 0.2) is 57.8 Å². The number of anilines is 1. The van der Waals surface area contributed by atoms with Crippen molar-refractivity contribution in [1.82, 2.24) is 14.8 Å². The summed E-state index contributed by atoms with van der Waals surface area (Å²) in [6.45, 7) is 0.461. The van der Waals surface area contributed by atoms with E-state index in [1.54, 1.807) is 47.4 Å². The minimum Gasteiger partial charge on any atom is -0.454 e. The van der Waals surface area contributed by atoms with Gasteiger partial charge in [0.1, 0.15) is 11.6 Å². The van der Waals surface area contributed by atoms with E-state index in [-0.39, 0.29) is 11.7 Å². The number of furan rings is 1. The molecule has 0 unspecified atom stereocenters. The molecule has 1 N–H and O–H groups in total. The lowest BCUT2D eigenvalue weighted by molar-refractivity contribution is 0.0994. The first-order chi connectivity index (χ1) is 10.2. The van der Waals surface area contributed by atoms with Crippen molar-refractivity contribution in [2.24, 2.45) is 0 Å². The molecule has 106 valence electrons. The number of nitrogens with zero attached hydrogens (tertiary/aromatic N) is 3. The first-order valence-corrected chi connectivity index (χ1v) is 6.99. The summed E-state index contributed by atoms with van der Waals surface area (Å²) in [5.41, 5.74) is 0. The maximum atomic E-state index is 12.0. The lowest BCUT2D eigenvalue weighted by Gasteiger charge is -2.01. The molecule has 0 aliphatic carbocycles. The van der Waals surface area contributed by atoms with Gasteiger partial charge in [-0.2, -0.15) is 5.10 Å². The number of nitrogens with one attached hydrogen (secondary N) is 1. The van der Waals surface area contributed by atoms with Gasteiger partial charge in [-0.15, -0.1) is 0 Å². The summed E-state index contributed by atoms with van der Waals surface area (Å²) in [4.78, 5) is 16.0. The van der Waals surface area contributed by atoms with Crippen LogP contribution in [0.25, 0.3) is 0 Å². The fourth-order valence-corrected chi connectivity index (χ4v) is 2.11. The highest BCUT2D eigenvalue weighted by Crippen LogP contribution is 2.13. The molecule has 0 aliphatic heterocycles. The molecule has 0 spiro atoms. The molecule has 0 saturated carbocycles. The van der Waals surface area contributed by atoms with Crippen molar-refractivity contribution in [2.45, 2.75) is 6.54 Å². The fraction of sp³-hybridized carbons (Fsp3) is 0.0714. The highest BCUT2D eigenvalue weighted by molar-refractivity contribution is 9.10. The smallest absolute Gasteiger partial charge is 0.292 e. The molecule has 0 fully saturated rings. The molecule has 0 saturated heterocycles. The first kappa shape index (κ1) is 13.6. The average molecular weight is 347 g/mol. The first-order valence-electron chi connectivity index (χ1n) is 6.20. The third kappa shape index (κ3) is 3.38. The Hall–Kier alpha value is -2.41. The van der Waals surface area contributed by atoms with Gasteiger partial charge in [0, 0.05) is 12.4 Å².